The van der Waals surface area contributed by atoms with Gasteiger partial charge in [-0.15, -0.1) is 0 Å². The van der Waals surface area contributed by atoms with E-state index in [1.807, 2.05) is 41.2 Å². The zero-order chi connectivity index (χ0) is 22.9. The van der Waals surface area contributed by atoms with Crippen LogP contribution < -0.4 is 4.74 Å². The highest BCUT2D eigenvalue weighted by Crippen LogP contribution is 2.36. The maximum atomic E-state index is 12.0. The van der Waals surface area contributed by atoms with Crippen LogP contribution in [-0.4, -0.2) is 38.7 Å². The Morgan fingerprint density at radius 2 is 1.97 bits per heavy atom. The third-order valence-corrected chi connectivity index (χ3v) is 6.58. The molecular formula is C25H20Cl2N4O2. The lowest BCUT2D eigenvalue weighted by atomic mass is 10.1. The number of amides is 1. The quantitative estimate of drug-likeness (QED) is 0.322. The lowest BCUT2D eigenvalue weighted by Gasteiger charge is -2.15. The number of fused-ring (bicyclic) bond motifs is 1. The summed E-state index contributed by atoms with van der Waals surface area (Å²) in [6.07, 6.45) is 5.79. The van der Waals surface area contributed by atoms with Crippen molar-refractivity contribution in [2.45, 2.75) is 12.5 Å². The molecule has 1 aliphatic rings. The van der Waals surface area contributed by atoms with Crippen LogP contribution in [0.5, 0.6) is 11.5 Å². The first-order chi connectivity index (χ1) is 16.0. The summed E-state index contributed by atoms with van der Waals surface area (Å²) in [5.41, 5.74) is 2.76. The van der Waals surface area contributed by atoms with E-state index in [1.165, 1.54) is 6.08 Å². The van der Waals surface area contributed by atoms with Gasteiger partial charge in [0.05, 0.1) is 16.6 Å². The van der Waals surface area contributed by atoms with Gasteiger partial charge in [0.1, 0.15) is 22.2 Å². The molecule has 1 atom stereocenters. The topological polar surface area (TPSA) is 60.2 Å². The van der Waals surface area contributed by atoms with Crippen LogP contribution in [0, 0.1) is 0 Å². The van der Waals surface area contributed by atoms with Crippen LogP contribution in [0.4, 0.5) is 0 Å². The lowest BCUT2D eigenvalue weighted by Crippen LogP contribution is -2.27. The number of carbonyl (C=O) groups excluding carboxylic acids is 1. The predicted molar refractivity (Wildman–Crippen MR) is 130 cm³/mol. The molecule has 6 nitrogen and oxygen atoms in total. The summed E-state index contributed by atoms with van der Waals surface area (Å²) in [5.74, 6) is 1.08. The van der Waals surface area contributed by atoms with E-state index in [1.54, 1.807) is 29.3 Å². The molecule has 3 heterocycles. The van der Waals surface area contributed by atoms with Crippen molar-refractivity contribution in [2.75, 3.05) is 13.1 Å². The van der Waals surface area contributed by atoms with E-state index in [2.05, 4.69) is 11.6 Å². The van der Waals surface area contributed by atoms with E-state index in [0.29, 0.717) is 34.6 Å². The maximum absolute atomic E-state index is 12.0. The van der Waals surface area contributed by atoms with E-state index >= 15 is 0 Å². The molecule has 33 heavy (non-hydrogen) atoms. The molecule has 2 aromatic carbocycles. The molecule has 0 aliphatic carbocycles. The second kappa shape index (κ2) is 8.89. The Kier molecular flexibility index (Phi) is 5.79. The van der Waals surface area contributed by atoms with Gasteiger partial charge in [0.25, 0.3) is 0 Å². The van der Waals surface area contributed by atoms with Gasteiger partial charge >= 0.3 is 0 Å². The standard InChI is InChI=1S/C25H20Cl2N4O2/c1-2-23(32)30-13-11-17(15-30)31-21-10-12-28-14-19(21)25(29-31)16-6-8-18(9-7-16)33-22-5-3-4-20(26)24(22)27/h2-10,12,14,17H,1,11,13,15H2/t17-/m0/s1. The fourth-order valence-electron chi connectivity index (χ4n) is 4.12. The van der Waals surface area contributed by atoms with Crippen molar-refractivity contribution in [2.24, 2.45) is 0 Å². The predicted octanol–water partition coefficient (Wildman–Crippen LogP) is 6.16. The first-order valence-electron chi connectivity index (χ1n) is 10.5. The Balaban J connectivity index is 1.45. The summed E-state index contributed by atoms with van der Waals surface area (Å²) >= 11 is 12.3. The smallest absolute Gasteiger partial charge is 0.246 e. The van der Waals surface area contributed by atoms with E-state index < -0.39 is 0 Å². The van der Waals surface area contributed by atoms with Crippen molar-refractivity contribution in [1.29, 1.82) is 0 Å². The van der Waals surface area contributed by atoms with Crippen molar-refractivity contribution >= 4 is 40.0 Å². The minimum absolute atomic E-state index is 0.0498. The van der Waals surface area contributed by atoms with Crippen LogP contribution >= 0.6 is 23.2 Å². The molecular weight excluding hydrogens is 459 g/mol. The zero-order valence-electron chi connectivity index (χ0n) is 17.6. The number of carbonyl (C=O) groups is 1. The summed E-state index contributed by atoms with van der Waals surface area (Å²) in [6.45, 7) is 4.89. The number of benzene rings is 2. The fourth-order valence-corrected chi connectivity index (χ4v) is 4.45. The van der Waals surface area contributed by atoms with Crippen LogP contribution in [0.25, 0.3) is 22.2 Å². The second-order valence-electron chi connectivity index (χ2n) is 7.80. The van der Waals surface area contributed by atoms with Gasteiger partial charge in [0.2, 0.25) is 5.91 Å². The number of halogens is 2. The number of ether oxygens (including phenoxy) is 1. The monoisotopic (exact) mass is 478 g/mol. The van der Waals surface area contributed by atoms with Crippen LogP contribution in [0.15, 0.2) is 73.6 Å². The molecule has 0 bridgehead atoms. The Morgan fingerprint density at radius 3 is 2.76 bits per heavy atom. The highest BCUT2D eigenvalue weighted by Gasteiger charge is 2.28. The van der Waals surface area contributed by atoms with Gasteiger partial charge < -0.3 is 9.64 Å². The van der Waals surface area contributed by atoms with E-state index in [-0.39, 0.29) is 11.9 Å². The molecule has 0 saturated carbocycles. The SMILES string of the molecule is C=CC(=O)N1CC[C@H](n2nc(-c3ccc(Oc4cccc(Cl)c4Cl)cc3)c3cnccc32)C1. The molecule has 5 rings (SSSR count). The largest absolute Gasteiger partial charge is 0.456 e. The second-order valence-corrected chi connectivity index (χ2v) is 8.58. The normalized spacial score (nSPS) is 15.7. The molecule has 4 aromatic rings. The van der Waals surface area contributed by atoms with E-state index in [9.17, 15) is 4.79 Å². The average Bonchev–Trinajstić information content (AvgIpc) is 3.47. The van der Waals surface area contributed by atoms with Gasteiger partial charge in [-0.1, -0.05) is 35.8 Å². The number of hydrogen-bond acceptors (Lipinski definition) is 4. The van der Waals surface area contributed by atoms with Crippen LogP contribution in [0.1, 0.15) is 12.5 Å². The molecule has 0 spiro atoms. The Hall–Kier alpha value is -3.35. The van der Waals surface area contributed by atoms with Crippen molar-refractivity contribution in [3.63, 3.8) is 0 Å². The number of likely N-dealkylation sites (tertiary alicyclic amines) is 1. The van der Waals surface area contributed by atoms with Crippen molar-refractivity contribution in [3.05, 3.63) is 83.6 Å². The molecule has 0 unspecified atom stereocenters. The minimum atomic E-state index is -0.0498. The van der Waals surface area contributed by atoms with Crippen molar-refractivity contribution in [3.8, 4) is 22.8 Å². The number of aromatic nitrogens is 3. The van der Waals surface area contributed by atoms with Gasteiger partial charge in [0, 0.05) is 36.4 Å². The van der Waals surface area contributed by atoms with Crippen LogP contribution in [0.3, 0.4) is 0 Å². The van der Waals surface area contributed by atoms with Gasteiger partial charge in [-0.2, -0.15) is 5.10 Å². The van der Waals surface area contributed by atoms with Crippen LogP contribution in [0.2, 0.25) is 10.0 Å². The molecule has 0 N–H and O–H groups in total. The van der Waals surface area contributed by atoms with Crippen molar-refractivity contribution < 1.29 is 9.53 Å². The van der Waals surface area contributed by atoms with Crippen LogP contribution in [-0.2, 0) is 4.79 Å². The number of nitrogens with zero attached hydrogens (tertiary/aromatic N) is 4. The minimum Gasteiger partial charge on any atom is -0.456 e. The maximum Gasteiger partial charge on any atom is 0.246 e. The van der Waals surface area contributed by atoms with Gasteiger partial charge in [0.15, 0.2) is 0 Å². The number of pyridine rings is 1. The fraction of sp³-hybridized carbons (Fsp3) is 0.160. The Bertz CT molecular complexity index is 1350. The zero-order valence-corrected chi connectivity index (χ0v) is 19.1. The number of hydrogen-bond donors (Lipinski definition) is 0. The molecule has 2 aromatic heterocycles. The summed E-state index contributed by atoms with van der Waals surface area (Å²) < 4.78 is 7.91. The third-order valence-electron chi connectivity index (χ3n) is 5.78. The summed E-state index contributed by atoms with van der Waals surface area (Å²) in [6, 6.07) is 15.0. The summed E-state index contributed by atoms with van der Waals surface area (Å²) in [4.78, 5) is 18.1. The highest BCUT2D eigenvalue weighted by atomic mass is 35.5. The Labute approximate surface area is 201 Å². The molecule has 1 saturated heterocycles. The Morgan fingerprint density at radius 1 is 1.15 bits per heavy atom. The lowest BCUT2D eigenvalue weighted by molar-refractivity contribution is -0.125. The summed E-state index contributed by atoms with van der Waals surface area (Å²) in [7, 11) is 0. The molecule has 166 valence electrons. The van der Waals surface area contributed by atoms with Crippen molar-refractivity contribution in [1.82, 2.24) is 19.7 Å². The molecule has 0 radical (unpaired) electrons. The first-order valence-corrected chi connectivity index (χ1v) is 11.3. The number of rotatable bonds is 5. The average molecular weight is 479 g/mol. The van der Waals surface area contributed by atoms with E-state index in [0.717, 1.165) is 28.6 Å². The molecule has 1 aliphatic heterocycles. The summed E-state index contributed by atoms with van der Waals surface area (Å²) in [5, 5.41) is 6.71. The molecule has 1 fully saturated rings. The van der Waals surface area contributed by atoms with E-state index in [4.69, 9.17) is 33.0 Å². The molecule has 1 amide bonds. The van der Waals surface area contributed by atoms with Gasteiger partial charge in [-0.3, -0.25) is 14.5 Å². The first kappa shape index (κ1) is 21.5. The molecule has 8 heteroatoms. The highest BCUT2D eigenvalue weighted by molar-refractivity contribution is 6.42. The van der Waals surface area contributed by atoms with Gasteiger partial charge in [-0.05, 0) is 55.0 Å². The third kappa shape index (κ3) is 4.08. The van der Waals surface area contributed by atoms with Gasteiger partial charge in [-0.25, -0.2) is 0 Å².